The number of hydrogen-bond donors (Lipinski definition) is 0. The number of amides is 1. The van der Waals surface area contributed by atoms with E-state index in [4.69, 9.17) is 0 Å². The average molecular weight is 353 g/mol. The molecule has 1 aromatic heterocycles. The van der Waals surface area contributed by atoms with Gasteiger partial charge in [0.2, 0.25) is 5.91 Å². The molecule has 1 aliphatic heterocycles. The predicted octanol–water partition coefficient (Wildman–Crippen LogP) is 4.26. The Hall–Kier alpha value is -3.27. The first-order valence-electron chi connectivity index (χ1n) is 9.24. The van der Waals surface area contributed by atoms with Gasteiger partial charge in [-0.05, 0) is 39.6 Å². The monoisotopic (exact) mass is 353 g/mol. The zero-order valence-electron chi connectivity index (χ0n) is 14.9. The van der Waals surface area contributed by atoms with Gasteiger partial charge in [-0.2, -0.15) is 0 Å². The van der Waals surface area contributed by atoms with Gasteiger partial charge in [0.05, 0.1) is 12.2 Å². The minimum Gasteiger partial charge on any atom is -0.332 e. The Morgan fingerprint density at radius 1 is 0.963 bits per heavy atom. The largest absolute Gasteiger partial charge is 0.332 e. The second kappa shape index (κ2) is 6.47. The molecule has 4 heteroatoms. The maximum absolute atomic E-state index is 12.8. The fourth-order valence-corrected chi connectivity index (χ4v) is 4.04. The van der Waals surface area contributed by atoms with Gasteiger partial charge in [-0.15, -0.1) is 0 Å². The van der Waals surface area contributed by atoms with Gasteiger partial charge in [0.1, 0.15) is 6.33 Å². The molecule has 0 aliphatic carbocycles. The topological polar surface area (TPSA) is 46.1 Å². The lowest BCUT2D eigenvalue weighted by molar-refractivity contribution is -0.131. The van der Waals surface area contributed by atoms with E-state index in [2.05, 4.69) is 64.6 Å². The number of carbonyl (C=O) groups excluding carboxylic acids is 1. The maximum Gasteiger partial charge on any atom is 0.223 e. The molecule has 0 spiro atoms. The van der Waals surface area contributed by atoms with Gasteiger partial charge in [-0.3, -0.25) is 4.79 Å². The highest BCUT2D eigenvalue weighted by molar-refractivity contribution is 6.02. The lowest BCUT2D eigenvalue weighted by Gasteiger charge is -2.16. The van der Waals surface area contributed by atoms with Crippen molar-refractivity contribution in [1.82, 2.24) is 14.9 Å². The summed E-state index contributed by atoms with van der Waals surface area (Å²) in [5.74, 6) is 0.171. The molecular formula is C23H19N3O. The van der Waals surface area contributed by atoms with Gasteiger partial charge in [-0.1, -0.05) is 48.5 Å². The maximum atomic E-state index is 12.8. The van der Waals surface area contributed by atoms with Crippen LogP contribution in [0.4, 0.5) is 0 Å². The van der Waals surface area contributed by atoms with Crippen molar-refractivity contribution in [1.29, 1.82) is 0 Å². The van der Waals surface area contributed by atoms with E-state index in [-0.39, 0.29) is 5.91 Å². The fourth-order valence-electron chi connectivity index (χ4n) is 4.04. The highest BCUT2D eigenvalue weighted by atomic mass is 16.2. The summed E-state index contributed by atoms with van der Waals surface area (Å²) in [6, 6.07) is 19.1. The van der Waals surface area contributed by atoms with Crippen LogP contribution in [-0.4, -0.2) is 20.8 Å². The van der Waals surface area contributed by atoms with E-state index in [0.29, 0.717) is 19.5 Å². The lowest BCUT2D eigenvalue weighted by atomic mass is 9.94. The highest BCUT2D eigenvalue weighted by Gasteiger charge is 2.24. The number of fused-ring (bicyclic) bond motifs is 3. The van der Waals surface area contributed by atoms with Crippen molar-refractivity contribution in [3.05, 3.63) is 83.9 Å². The Morgan fingerprint density at radius 3 is 2.37 bits per heavy atom. The Bertz CT molecular complexity index is 1090. The van der Waals surface area contributed by atoms with Gasteiger partial charge >= 0.3 is 0 Å². The predicted molar refractivity (Wildman–Crippen MR) is 106 cm³/mol. The number of carbonyl (C=O) groups is 1. The summed E-state index contributed by atoms with van der Waals surface area (Å²) >= 11 is 0. The third-order valence-corrected chi connectivity index (χ3v) is 5.41. The van der Waals surface area contributed by atoms with Crippen LogP contribution in [0.1, 0.15) is 23.2 Å². The fraction of sp³-hybridized carbons (Fsp3) is 0.174. The minimum atomic E-state index is 0.171. The van der Waals surface area contributed by atoms with Crippen LogP contribution in [0.2, 0.25) is 0 Å². The summed E-state index contributed by atoms with van der Waals surface area (Å²) in [5, 5.41) is 4.92. The minimum absolute atomic E-state index is 0.171. The summed E-state index contributed by atoms with van der Waals surface area (Å²) in [4.78, 5) is 23.1. The van der Waals surface area contributed by atoms with Crippen molar-refractivity contribution in [2.75, 3.05) is 0 Å². The molecule has 132 valence electrons. The molecule has 0 N–H and O–H groups in total. The van der Waals surface area contributed by atoms with Crippen LogP contribution in [0.3, 0.4) is 0 Å². The first kappa shape index (κ1) is 15.9. The number of aromatic nitrogens is 2. The van der Waals surface area contributed by atoms with Gasteiger partial charge in [0.25, 0.3) is 0 Å². The van der Waals surface area contributed by atoms with Crippen molar-refractivity contribution in [2.45, 2.75) is 25.9 Å². The average Bonchev–Trinajstić information content (AvgIpc) is 3.15. The number of aryl methyl sites for hydroxylation is 1. The highest BCUT2D eigenvalue weighted by Crippen LogP contribution is 2.30. The molecule has 0 radical (unpaired) electrons. The summed E-state index contributed by atoms with van der Waals surface area (Å²) < 4.78 is 0. The van der Waals surface area contributed by atoms with Crippen LogP contribution in [0.25, 0.3) is 21.5 Å². The molecule has 2 heterocycles. The third-order valence-electron chi connectivity index (χ3n) is 5.41. The Morgan fingerprint density at radius 2 is 1.67 bits per heavy atom. The molecule has 0 unspecified atom stereocenters. The van der Waals surface area contributed by atoms with E-state index in [9.17, 15) is 4.79 Å². The SMILES string of the molecule is O=C(CCc1c2ccccc2cc2ccccc12)N1Cc2cncnc2C1. The van der Waals surface area contributed by atoms with Crippen molar-refractivity contribution in [3.8, 4) is 0 Å². The second-order valence-electron chi connectivity index (χ2n) is 7.04. The molecule has 3 aromatic carbocycles. The molecule has 1 aliphatic rings. The van der Waals surface area contributed by atoms with Crippen molar-refractivity contribution >= 4 is 27.5 Å². The number of benzene rings is 3. The normalized spacial score (nSPS) is 13.3. The molecule has 0 bridgehead atoms. The Kier molecular flexibility index (Phi) is 3.82. The van der Waals surface area contributed by atoms with Crippen LogP contribution in [0, 0.1) is 0 Å². The molecular weight excluding hydrogens is 334 g/mol. The zero-order valence-corrected chi connectivity index (χ0v) is 14.9. The molecule has 27 heavy (non-hydrogen) atoms. The third kappa shape index (κ3) is 2.83. The van der Waals surface area contributed by atoms with E-state index >= 15 is 0 Å². The van der Waals surface area contributed by atoms with Gasteiger partial charge in [0, 0.05) is 24.7 Å². The molecule has 1 amide bonds. The van der Waals surface area contributed by atoms with E-state index in [1.807, 2.05) is 11.1 Å². The smallest absolute Gasteiger partial charge is 0.223 e. The van der Waals surface area contributed by atoms with Crippen LogP contribution in [0.15, 0.2) is 67.1 Å². The van der Waals surface area contributed by atoms with Gasteiger partial charge in [-0.25, -0.2) is 9.97 Å². The van der Waals surface area contributed by atoms with E-state index in [1.165, 1.54) is 27.1 Å². The summed E-state index contributed by atoms with van der Waals surface area (Å²) in [5.41, 5.74) is 3.28. The number of nitrogens with zero attached hydrogens (tertiary/aromatic N) is 3. The lowest BCUT2D eigenvalue weighted by Crippen LogP contribution is -2.25. The second-order valence-corrected chi connectivity index (χ2v) is 7.04. The summed E-state index contributed by atoms with van der Waals surface area (Å²) in [6.07, 6.45) is 4.60. The molecule has 0 saturated carbocycles. The first-order valence-corrected chi connectivity index (χ1v) is 9.24. The molecule has 0 saturated heterocycles. The molecule has 4 aromatic rings. The van der Waals surface area contributed by atoms with E-state index < -0.39 is 0 Å². The number of rotatable bonds is 3. The van der Waals surface area contributed by atoms with Crippen LogP contribution >= 0.6 is 0 Å². The van der Waals surface area contributed by atoms with Crippen LogP contribution in [0.5, 0.6) is 0 Å². The zero-order chi connectivity index (χ0) is 18.2. The molecule has 4 nitrogen and oxygen atoms in total. The Labute approximate surface area is 157 Å². The number of hydrogen-bond acceptors (Lipinski definition) is 3. The summed E-state index contributed by atoms with van der Waals surface area (Å²) in [6.45, 7) is 1.21. The Balaban J connectivity index is 1.44. The van der Waals surface area contributed by atoms with Gasteiger partial charge in [0.15, 0.2) is 0 Å². The summed E-state index contributed by atoms with van der Waals surface area (Å²) in [7, 11) is 0. The molecule has 5 rings (SSSR count). The van der Waals surface area contributed by atoms with Crippen LogP contribution < -0.4 is 0 Å². The van der Waals surface area contributed by atoms with Crippen molar-refractivity contribution in [2.24, 2.45) is 0 Å². The standard InChI is InChI=1S/C23H19N3O/c27-23(26-13-18-12-24-15-25-22(18)14-26)10-9-21-19-7-3-1-5-16(19)11-17-6-2-4-8-20(17)21/h1-8,11-12,15H,9-10,13-14H2. The first-order chi connectivity index (χ1) is 13.3. The van der Waals surface area contributed by atoms with Crippen molar-refractivity contribution in [3.63, 3.8) is 0 Å². The molecule has 0 fully saturated rings. The quantitative estimate of drug-likeness (QED) is 0.517. The van der Waals surface area contributed by atoms with E-state index in [0.717, 1.165) is 17.7 Å². The van der Waals surface area contributed by atoms with Gasteiger partial charge < -0.3 is 4.90 Å². The van der Waals surface area contributed by atoms with Crippen LogP contribution in [-0.2, 0) is 24.3 Å². The van der Waals surface area contributed by atoms with E-state index in [1.54, 1.807) is 6.33 Å². The molecule has 0 atom stereocenters. The van der Waals surface area contributed by atoms with Crippen molar-refractivity contribution < 1.29 is 4.79 Å².